The van der Waals surface area contributed by atoms with Crippen molar-refractivity contribution in [1.29, 1.82) is 0 Å². The van der Waals surface area contributed by atoms with Crippen molar-refractivity contribution in [3.8, 4) is 28.4 Å². The Kier molecular flexibility index (Phi) is 11.9. The molecule has 1 atom stereocenters. The Morgan fingerprint density at radius 1 is 1.12 bits per heavy atom. The van der Waals surface area contributed by atoms with Crippen molar-refractivity contribution in [1.82, 2.24) is 20.0 Å². The lowest BCUT2D eigenvalue weighted by atomic mass is 10.0. The summed E-state index contributed by atoms with van der Waals surface area (Å²) in [7, 11) is -0.865. The molecule has 1 aliphatic heterocycles. The van der Waals surface area contributed by atoms with E-state index in [1.807, 2.05) is 52.0 Å². The number of nitrogens with zero attached hydrogens (tertiary/aromatic N) is 4. The van der Waals surface area contributed by atoms with E-state index in [1.165, 1.54) is 7.11 Å². The molecule has 1 amide bonds. The third kappa shape index (κ3) is 9.25. The maximum atomic E-state index is 12.8. The second-order valence-corrected chi connectivity index (χ2v) is 19.9. The van der Waals surface area contributed by atoms with E-state index >= 15 is 0 Å². The minimum absolute atomic E-state index is 0.0523. The Balaban J connectivity index is 1.70. The van der Waals surface area contributed by atoms with Crippen LogP contribution < -0.4 is 10.1 Å². The van der Waals surface area contributed by atoms with Gasteiger partial charge in [-0.05, 0) is 77.7 Å². The van der Waals surface area contributed by atoms with Gasteiger partial charge >= 0.3 is 6.09 Å². The Morgan fingerprint density at radius 2 is 1.82 bits per heavy atom. The number of methoxy groups -OCH3 is 1. The van der Waals surface area contributed by atoms with Crippen LogP contribution in [0.1, 0.15) is 76.2 Å². The second-order valence-electron chi connectivity index (χ2n) is 15.1. The first-order valence-corrected chi connectivity index (χ1v) is 19.8. The lowest BCUT2D eigenvalue weighted by molar-refractivity contribution is 0.0338. The average molecular weight is 696 g/mol. The summed E-state index contributed by atoms with van der Waals surface area (Å²) in [6.45, 7) is 22.2. The molecule has 1 unspecified atom stereocenters. The van der Waals surface area contributed by atoms with Crippen LogP contribution in [0.2, 0.25) is 18.1 Å². The SMILES string of the molecule is COC(=O)N(CC(COc1cccc(-c2nc(NC3CCOCC3)c(C=O)c(-c3c(C)noc3C)n2)c1)O[Si](C)(C)C(C)(C)C)C(C)(C)C. The normalized spacial score (nSPS) is 15.1. The van der Waals surface area contributed by atoms with Crippen molar-refractivity contribution >= 4 is 26.5 Å². The van der Waals surface area contributed by atoms with E-state index in [1.54, 1.807) is 11.8 Å². The van der Waals surface area contributed by atoms with Gasteiger partial charge in [0.1, 0.15) is 23.9 Å². The van der Waals surface area contributed by atoms with E-state index in [9.17, 15) is 9.59 Å². The van der Waals surface area contributed by atoms with Crippen molar-refractivity contribution in [3.05, 3.63) is 41.3 Å². The van der Waals surface area contributed by atoms with Gasteiger partial charge in [0.15, 0.2) is 20.4 Å². The maximum Gasteiger partial charge on any atom is 0.410 e. The highest BCUT2D eigenvalue weighted by Crippen LogP contribution is 2.38. The highest BCUT2D eigenvalue weighted by molar-refractivity contribution is 6.74. The first-order valence-electron chi connectivity index (χ1n) is 16.9. The highest BCUT2D eigenvalue weighted by atomic mass is 28.4. The van der Waals surface area contributed by atoms with Gasteiger partial charge in [0.05, 0.1) is 42.3 Å². The van der Waals surface area contributed by atoms with Gasteiger partial charge in [-0.2, -0.15) is 0 Å². The molecule has 1 N–H and O–H groups in total. The third-order valence-electron chi connectivity index (χ3n) is 9.28. The molecule has 2 aromatic heterocycles. The minimum Gasteiger partial charge on any atom is -0.491 e. The number of carbonyl (C=O) groups excluding carboxylic acids is 2. The number of aldehydes is 1. The van der Waals surface area contributed by atoms with Crippen LogP contribution in [0.25, 0.3) is 22.6 Å². The van der Waals surface area contributed by atoms with Crippen LogP contribution in [0.3, 0.4) is 0 Å². The van der Waals surface area contributed by atoms with Crippen LogP contribution >= 0.6 is 0 Å². The van der Waals surface area contributed by atoms with Crippen LogP contribution in [-0.2, 0) is 13.9 Å². The summed E-state index contributed by atoms with van der Waals surface area (Å²) < 4.78 is 29.4. The van der Waals surface area contributed by atoms with Gasteiger partial charge < -0.3 is 33.4 Å². The number of amides is 1. The quantitative estimate of drug-likeness (QED) is 0.149. The number of aryl methyl sites for hydroxylation is 2. The van der Waals surface area contributed by atoms with Gasteiger partial charge in [-0.1, -0.05) is 38.1 Å². The van der Waals surface area contributed by atoms with Crippen LogP contribution in [-0.4, -0.2) is 91.9 Å². The Hall–Kier alpha value is -3.81. The molecule has 268 valence electrons. The molecule has 0 bridgehead atoms. The van der Waals surface area contributed by atoms with Crippen LogP contribution in [0, 0.1) is 13.8 Å². The van der Waals surface area contributed by atoms with E-state index in [0.717, 1.165) is 19.1 Å². The number of hydrogen-bond acceptors (Lipinski definition) is 11. The first kappa shape index (κ1) is 38.0. The average Bonchev–Trinajstić information content (AvgIpc) is 3.37. The minimum atomic E-state index is -2.25. The van der Waals surface area contributed by atoms with Crippen molar-refractivity contribution in [2.45, 2.75) is 104 Å². The molecule has 1 aromatic carbocycles. The van der Waals surface area contributed by atoms with Crippen molar-refractivity contribution in [2.24, 2.45) is 0 Å². The number of ether oxygens (including phenoxy) is 3. The first-order chi connectivity index (χ1) is 22.9. The molecular formula is C36H53N5O7Si. The van der Waals surface area contributed by atoms with Crippen LogP contribution in [0.5, 0.6) is 5.75 Å². The molecule has 1 aliphatic rings. The lowest BCUT2D eigenvalue weighted by Gasteiger charge is -2.42. The monoisotopic (exact) mass is 695 g/mol. The fraction of sp³-hybridized carbons (Fsp3) is 0.583. The van der Waals surface area contributed by atoms with Gasteiger partial charge in [0.2, 0.25) is 0 Å². The van der Waals surface area contributed by atoms with Crippen molar-refractivity contribution in [2.75, 3.05) is 38.8 Å². The molecule has 12 nitrogen and oxygen atoms in total. The number of rotatable bonds is 12. The Labute approximate surface area is 291 Å². The van der Waals surface area contributed by atoms with Crippen molar-refractivity contribution < 1.29 is 32.7 Å². The third-order valence-corrected chi connectivity index (χ3v) is 13.8. The molecule has 0 saturated carbocycles. The zero-order valence-corrected chi connectivity index (χ0v) is 31.9. The number of carbonyl (C=O) groups is 2. The van der Waals surface area contributed by atoms with E-state index in [2.05, 4.69) is 44.3 Å². The molecule has 4 rings (SSSR count). The fourth-order valence-corrected chi connectivity index (χ4v) is 6.76. The van der Waals surface area contributed by atoms with Crippen molar-refractivity contribution in [3.63, 3.8) is 0 Å². The lowest BCUT2D eigenvalue weighted by Crippen LogP contribution is -2.54. The molecule has 0 spiro atoms. The fourth-order valence-electron chi connectivity index (χ4n) is 5.43. The standard InChI is InChI=1S/C36H53N5O7Si/c1-23-30(24(2)47-40-23)31-29(21-42)33(37-26-15-17-45-18-16-26)39-32(38-31)25-13-12-14-27(19-25)46-22-28(48-49(10,11)36(6,7)8)20-41(34(43)44-9)35(3,4)5/h12-14,19,21,26,28H,15-18,20,22H2,1-11H3,(H,37,38,39). The summed E-state index contributed by atoms with van der Waals surface area (Å²) in [6, 6.07) is 7.61. The maximum absolute atomic E-state index is 12.8. The van der Waals surface area contributed by atoms with Gasteiger partial charge in [-0.3, -0.25) is 4.79 Å². The van der Waals surface area contributed by atoms with Gasteiger partial charge in [0.25, 0.3) is 0 Å². The van der Waals surface area contributed by atoms with E-state index in [4.69, 9.17) is 33.1 Å². The van der Waals surface area contributed by atoms with Crippen LogP contribution in [0.15, 0.2) is 28.8 Å². The molecule has 49 heavy (non-hydrogen) atoms. The largest absolute Gasteiger partial charge is 0.491 e. The summed E-state index contributed by atoms with van der Waals surface area (Å²) in [5.74, 6) is 2.01. The number of benzene rings is 1. The topological polar surface area (TPSA) is 138 Å². The van der Waals surface area contributed by atoms with Gasteiger partial charge in [-0.15, -0.1) is 0 Å². The molecule has 3 aromatic rings. The zero-order valence-electron chi connectivity index (χ0n) is 30.9. The highest BCUT2D eigenvalue weighted by Gasteiger charge is 2.41. The van der Waals surface area contributed by atoms with Gasteiger partial charge in [0, 0.05) is 30.4 Å². The number of aromatic nitrogens is 3. The van der Waals surface area contributed by atoms with E-state index < -0.39 is 26.1 Å². The van der Waals surface area contributed by atoms with Crippen LogP contribution in [0.4, 0.5) is 10.6 Å². The molecule has 1 saturated heterocycles. The zero-order chi connectivity index (χ0) is 36.1. The number of hydrogen-bond donors (Lipinski definition) is 1. The van der Waals surface area contributed by atoms with E-state index in [0.29, 0.717) is 71.0 Å². The number of anilines is 1. The van der Waals surface area contributed by atoms with Gasteiger partial charge in [-0.25, -0.2) is 14.8 Å². The summed E-state index contributed by atoms with van der Waals surface area (Å²) in [6.07, 6.45) is 1.52. The van der Waals surface area contributed by atoms with E-state index in [-0.39, 0.29) is 17.7 Å². The predicted molar refractivity (Wildman–Crippen MR) is 192 cm³/mol. The molecular weight excluding hydrogens is 643 g/mol. The summed E-state index contributed by atoms with van der Waals surface area (Å²) in [5, 5.41) is 7.55. The summed E-state index contributed by atoms with van der Waals surface area (Å²) in [5.41, 5.74) is 2.28. The predicted octanol–water partition coefficient (Wildman–Crippen LogP) is 7.45. The Bertz CT molecular complexity index is 1590. The summed E-state index contributed by atoms with van der Waals surface area (Å²) >= 11 is 0. The smallest absolute Gasteiger partial charge is 0.410 e. The molecule has 0 aliphatic carbocycles. The molecule has 3 heterocycles. The summed E-state index contributed by atoms with van der Waals surface area (Å²) in [4.78, 5) is 36.9. The second kappa shape index (κ2) is 15.4. The molecule has 0 radical (unpaired) electrons. The molecule has 13 heteroatoms. The Morgan fingerprint density at radius 3 is 2.39 bits per heavy atom. The number of nitrogens with one attached hydrogen (secondary N) is 1. The molecule has 1 fully saturated rings.